The van der Waals surface area contributed by atoms with Crippen molar-refractivity contribution in [1.29, 1.82) is 0 Å². The Labute approximate surface area is 200 Å². The third-order valence-electron chi connectivity index (χ3n) is 6.43. The number of likely N-dealkylation sites (tertiary alicyclic amines) is 1. The molecule has 0 aliphatic carbocycles. The zero-order valence-electron chi connectivity index (χ0n) is 19.5. The monoisotopic (exact) mass is 451 g/mol. The van der Waals surface area contributed by atoms with Crippen LogP contribution in [-0.2, 0) is 13.0 Å². The molecule has 2 aromatic heterocycles. The maximum absolute atomic E-state index is 13.4. The van der Waals surface area contributed by atoms with Crippen molar-refractivity contribution in [1.82, 2.24) is 24.6 Å². The molecule has 5 rings (SSSR count). The van der Waals surface area contributed by atoms with E-state index in [0.717, 1.165) is 54.0 Å². The first-order chi connectivity index (χ1) is 16.7. The molecule has 1 unspecified atom stereocenters. The van der Waals surface area contributed by atoms with Crippen LogP contribution in [0.1, 0.15) is 57.3 Å². The standard InChI is InChI=1S/C28H29N5O/c1-21-29-18-26(16-22-8-3-2-4-9-22)27(31-21)25-12-6-14-32(20-25)28(34)24-11-5-10-23(17-24)19-33-15-7-13-30-33/h2-5,7-11,13,15,17-18,25H,6,12,14,16,19-20H2,1H3. The summed E-state index contributed by atoms with van der Waals surface area (Å²) in [5.74, 6) is 1.08. The van der Waals surface area contributed by atoms with Gasteiger partial charge in [0.2, 0.25) is 0 Å². The number of amides is 1. The molecule has 0 N–H and O–H groups in total. The summed E-state index contributed by atoms with van der Waals surface area (Å²) in [6.45, 7) is 4.05. The molecule has 0 radical (unpaired) electrons. The van der Waals surface area contributed by atoms with Crippen molar-refractivity contribution in [3.8, 4) is 0 Å². The van der Waals surface area contributed by atoms with E-state index in [1.807, 2.05) is 65.3 Å². The second kappa shape index (κ2) is 10.00. The van der Waals surface area contributed by atoms with E-state index in [1.54, 1.807) is 6.20 Å². The lowest BCUT2D eigenvalue weighted by Gasteiger charge is -2.33. The van der Waals surface area contributed by atoms with Crippen LogP contribution < -0.4 is 0 Å². The number of hydrogen-bond donors (Lipinski definition) is 0. The Morgan fingerprint density at radius 3 is 2.74 bits per heavy atom. The minimum Gasteiger partial charge on any atom is -0.338 e. The molecule has 4 aromatic rings. The fourth-order valence-electron chi connectivity index (χ4n) is 4.77. The molecule has 6 nitrogen and oxygen atoms in total. The molecule has 3 heterocycles. The number of hydrogen-bond acceptors (Lipinski definition) is 4. The van der Waals surface area contributed by atoms with E-state index in [2.05, 4.69) is 34.3 Å². The number of piperidine rings is 1. The summed E-state index contributed by atoms with van der Waals surface area (Å²) >= 11 is 0. The lowest BCUT2D eigenvalue weighted by Crippen LogP contribution is -2.39. The Balaban J connectivity index is 1.34. The maximum atomic E-state index is 13.4. The number of carbonyl (C=O) groups is 1. The van der Waals surface area contributed by atoms with E-state index in [-0.39, 0.29) is 11.8 Å². The van der Waals surface area contributed by atoms with Crippen LogP contribution in [0.4, 0.5) is 0 Å². The van der Waals surface area contributed by atoms with Crippen LogP contribution >= 0.6 is 0 Å². The topological polar surface area (TPSA) is 63.9 Å². The van der Waals surface area contributed by atoms with Crippen LogP contribution in [0.25, 0.3) is 0 Å². The van der Waals surface area contributed by atoms with E-state index in [0.29, 0.717) is 13.1 Å². The van der Waals surface area contributed by atoms with Gasteiger partial charge in [0.15, 0.2) is 0 Å². The van der Waals surface area contributed by atoms with Crippen LogP contribution in [0, 0.1) is 6.92 Å². The fraction of sp³-hybridized carbons (Fsp3) is 0.286. The maximum Gasteiger partial charge on any atom is 0.253 e. The lowest BCUT2D eigenvalue weighted by atomic mass is 9.89. The molecule has 0 saturated carbocycles. The second-order valence-electron chi connectivity index (χ2n) is 8.98. The number of aromatic nitrogens is 4. The van der Waals surface area contributed by atoms with Gasteiger partial charge in [0.1, 0.15) is 5.82 Å². The first-order valence-corrected chi connectivity index (χ1v) is 11.9. The minimum atomic E-state index is 0.0856. The van der Waals surface area contributed by atoms with E-state index in [1.165, 1.54) is 5.56 Å². The molecule has 34 heavy (non-hydrogen) atoms. The smallest absolute Gasteiger partial charge is 0.253 e. The molecule has 172 valence electrons. The molecule has 1 saturated heterocycles. The summed E-state index contributed by atoms with van der Waals surface area (Å²) in [6, 6.07) is 20.2. The summed E-state index contributed by atoms with van der Waals surface area (Å²) in [6.07, 6.45) is 8.46. The van der Waals surface area contributed by atoms with Crippen molar-refractivity contribution in [3.05, 3.63) is 113 Å². The predicted octanol–water partition coefficient (Wildman–Crippen LogP) is 4.64. The molecule has 2 aromatic carbocycles. The highest BCUT2D eigenvalue weighted by atomic mass is 16.2. The molecule has 1 aliphatic heterocycles. The van der Waals surface area contributed by atoms with Gasteiger partial charge < -0.3 is 4.90 Å². The number of carbonyl (C=O) groups excluding carboxylic acids is 1. The van der Waals surface area contributed by atoms with Crippen molar-refractivity contribution >= 4 is 5.91 Å². The van der Waals surface area contributed by atoms with Gasteiger partial charge in [-0.25, -0.2) is 9.97 Å². The van der Waals surface area contributed by atoms with Gasteiger partial charge in [-0.15, -0.1) is 0 Å². The number of nitrogens with zero attached hydrogens (tertiary/aromatic N) is 5. The summed E-state index contributed by atoms with van der Waals surface area (Å²) in [7, 11) is 0. The van der Waals surface area contributed by atoms with Crippen molar-refractivity contribution in [3.63, 3.8) is 0 Å². The SMILES string of the molecule is Cc1ncc(Cc2ccccc2)c(C2CCCN(C(=O)c3cccc(Cn4cccn4)c3)C2)n1. The number of benzene rings is 2. The lowest BCUT2D eigenvalue weighted by molar-refractivity contribution is 0.0705. The Kier molecular flexibility index (Phi) is 6.47. The van der Waals surface area contributed by atoms with Crippen LogP contribution in [0.5, 0.6) is 0 Å². The molecule has 0 spiro atoms. The van der Waals surface area contributed by atoms with Crippen molar-refractivity contribution in [2.45, 2.75) is 38.6 Å². The van der Waals surface area contributed by atoms with Crippen molar-refractivity contribution in [2.75, 3.05) is 13.1 Å². The molecule has 1 aliphatic rings. The van der Waals surface area contributed by atoms with Gasteiger partial charge in [0.05, 0.1) is 12.2 Å². The van der Waals surface area contributed by atoms with Crippen molar-refractivity contribution < 1.29 is 4.79 Å². The van der Waals surface area contributed by atoms with Crippen molar-refractivity contribution in [2.24, 2.45) is 0 Å². The molecule has 1 amide bonds. The summed E-state index contributed by atoms with van der Waals surface area (Å²) < 4.78 is 1.87. The minimum absolute atomic E-state index is 0.0856. The highest BCUT2D eigenvalue weighted by Gasteiger charge is 2.28. The van der Waals surface area contributed by atoms with E-state index in [9.17, 15) is 4.79 Å². The zero-order chi connectivity index (χ0) is 23.3. The molecule has 6 heteroatoms. The zero-order valence-corrected chi connectivity index (χ0v) is 19.5. The Hall–Kier alpha value is -3.80. The van der Waals surface area contributed by atoms with Crippen LogP contribution in [0.3, 0.4) is 0 Å². The molecule has 1 atom stereocenters. The first-order valence-electron chi connectivity index (χ1n) is 11.9. The number of aryl methyl sites for hydroxylation is 1. The second-order valence-corrected chi connectivity index (χ2v) is 8.98. The molecule has 0 bridgehead atoms. The summed E-state index contributed by atoms with van der Waals surface area (Å²) in [5.41, 5.74) is 5.28. The van der Waals surface area contributed by atoms with Gasteiger partial charge in [-0.05, 0) is 54.7 Å². The largest absolute Gasteiger partial charge is 0.338 e. The summed E-state index contributed by atoms with van der Waals surface area (Å²) in [4.78, 5) is 24.8. The average molecular weight is 452 g/mol. The van der Waals surface area contributed by atoms with E-state index >= 15 is 0 Å². The highest BCUT2D eigenvalue weighted by molar-refractivity contribution is 5.94. The Morgan fingerprint density at radius 1 is 1.06 bits per heavy atom. The van der Waals surface area contributed by atoms with Gasteiger partial charge in [-0.3, -0.25) is 9.48 Å². The number of rotatable bonds is 6. The molecule has 1 fully saturated rings. The van der Waals surface area contributed by atoms with Gasteiger partial charge in [-0.1, -0.05) is 42.5 Å². The third kappa shape index (κ3) is 5.06. The fourth-order valence-corrected chi connectivity index (χ4v) is 4.77. The average Bonchev–Trinajstić information content (AvgIpc) is 3.38. The van der Waals surface area contributed by atoms with Gasteiger partial charge >= 0.3 is 0 Å². The summed E-state index contributed by atoms with van der Waals surface area (Å²) in [5, 5.41) is 4.27. The quantitative estimate of drug-likeness (QED) is 0.428. The van der Waals surface area contributed by atoms with Crippen LogP contribution in [0.15, 0.2) is 79.3 Å². The normalized spacial score (nSPS) is 15.9. The van der Waals surface area contributed by atoms with Gasteiger partial charge in [0.25, 0.3) is 5.91 Å². The van der Waals surface area contributed by atoms with E-state index < -0.39 is 0 Å². The Morgan fingerprint density at radius 2 is 1.91 bits per heavy atom. The van der Waals surface area contributed by atoms with Crippen LogP contribution in [-0.4, -0.2) is 43.6 Å². The first kappa shape index (κ1) is 22.0. The Bertz CT molecular complexity index is 1250. The molecular formula is C28H29N5O. The molecular weight excluding hydrogens is 422 g/mol. The van der Waals surface area contributed by atoms with Gasteiger partial charge in [-0.2, -0.15) is 5.10 Å². The highest BCUT2D eigenvalue weighted by Crippen LogP contribution is 2.30. The predicted molar refractivity (Wildman–Crippen MR) is 132 cm³/mol. The van der Waals surface area contributed by atoms with Gasteiger partial charge in [0, 0.05) is 49.6 Å². The van der Waals surface area contributed by atoms with Crippen LogP contribution in [0.2, 0.25) is 0 Å². The van der Waals surface area contributed by atoms with E-state index in [4.69, 9.17) is 4.98 Å². The third-order valence-corrected chi connectivity index (χ3v) is 6.43.